The lowest BCUT2D eigenvalue weighted by molar-refractivity contribution is -0.165. The maximum atomic E-state index is 5.71. The van der Waals surface area contributed by atoms with Crippen molar-refractivity contribution in [3.05, 3.63) is 30.5 Å². The Morgan fingerprint density at radius 2 is 2.26 bits per heavy atom. The van der Waals surface area contributed by atoms with E-state index in [0.29, 0.717) is 18.8 Å². The standard InChI is InChI=1S/C15H17O4/c1-2-8-18-15(6-1)19-11-10-17-14-5-3-4-13-12(14)7-9-16-13/h3,5,7,9,15H,1-2,6,8,10-11H2. The Morgan fingerprint density at radius 3 is 3.16 bits per heavy atom. The number of hydrogen-bond donors (Lipinski definition) is 0. The monoisotopic (exact) mass is 261 g/mol. The second kappa shape index (κ2) is 6.08. The quantitative estimate of drug-likeness (QED) is 0.775. The lowest BCUT2D eigenvalue weighted by atomic mass is 10.2. The second-order valence-electron chi connectivity index (χ2n) is 4.52. The number of benzene rings is 1. The predicted molar refractivity (Wildman–Crippen MR) is 70.1 cm³/mol. The lowest BCUT2D eigenvalue weighted by Gasteiger charge is -2.22. The van der Waals surface area contributed by atoms with E-state index in [1.54, 1.807) is 12.3 Å². The maximum absolute atomic E-state index is 5.71. The van der Waals surface area contributed by atoms with E-state index in [2.05, 4.69) is 6.07 Å². The van der Waals surface area contributed by atoms with Gasteiger partial charge in [0.05, 0.1) is 18.3 Å². The third kappa shape index (κ3) is 3.08. The fourth-order valence-electron chi connectivity index (χ4n) is 2.20. The largest absolute Gasteiger partial charge is 0.490 e. The van der Waals surface area contributed by atoms with E-state index in [-0.39, 0.29) is 6.29 Å². The summed E-state index contributed by atoms with van der Waals surface area (Å²) < 4.78 is 22.1. The van der Waals surface area contributed by atoms with Gasteiger partial charge in [-0.15, -0.1) is 0 Å². The minimum atomic E-state index is -0.0598. The minimum absolute atomic E-state index is 0.0598. The molecule has 1 saturated heterocycles. The van der Waals surface area contributed by atoms with Crippen molar-refractivity contribution in [2.24, 2.45) is 0 Å². The van der Waals surface area contributed by atoms with Crippen LogP contribution in [0, 0.1) is 6.07 Å². The van der Waals surface area contributed by atoms with Crippen molar-refractivity contribution in [3.8, 4) is 5.75 Å². The van der Waals surface area contributed by atoms with E-state index in [1.807, 2.05) is 12.1 Å². The van der Waals surface area contributed by atoms with Gasteiger partial charge in [0.15, 0.2) is 6.29 Å². The summed E-state index contributed by atoms with van der Waals surface area (Å²) in [7, 11) is 0. The molecule has 1 aliphatic heterocycles. The van der Waals surface area contributed by atoms with Crippen molar-refractivity contribution in [1.29, 1.82) is 0 Å². The van der Waals surface area contributed by atoms with Gasteiger partial charge in [-0.05, 0) is 37.5 Å². The molecule has 1 aliphatic rings. The third-order valence-electron chi connectivity index (χ3n) is 3.16. The van der Waals surface area contributed by atoms with Crippen molar-refractivity contribution in [2.45, 2.75) is 25.6 Å². The van der Waals surface area contributed by atoms with Gasteiger partial charge >= 0.3 is 0 Å². The van der Waals surface area contributed by atoms with Crippen LogP contribution in [0.5, 0.6) is 5.75 Å². The molecule has 2 heterocycles. The normalized spacial score (nSPS) is 19.7. The van der Waals surface area contributed by atoms with Gasteiger partial charge in [-0.2, -0.15) is 0 Å². The SMILES string of the molecule is [c]1ccc(OCCOC2CCCCO2)c2ccoc12. The average molecular weight is 261 g/mol. The molecule has 1 aromatic carbocycles. The molecule has 3 rings (SSSR count). The van der Waals surface area contributed by atoms with E-state index < -0.39 is 0 Å². The summed E-state index contributed by atoms with van der Waals surface area (Å²) in [4.78, 5) is 0. The van der Waals surface area contributed by atoms with Crippen LogP contribution >= 0.6 is 0 Å². The maximum Gasteiger partial charge on any atom is 0.157 e. The first-order valence-corrected chi connectivity index (χ1v) is 6.67. The van der Waals surface area contributed by atoms with Crippen LogP contribution in [0.25, 0.3) is 11.0 Å². The first-order valence-electron chi connectivity index (χ1n) is 6.67. The van der Waals surface area contributed by atoms with Crippen molar-refractivity contribution in [3.63, 3.8) is 0 Å². The highest BCUT2D eigenvalue weighted by Crippen LogP contribution is 2.25. The molecular weight excluding hydrogens is 244 g/mol. The Labute approximate surface area is 112 Å². The van der Waals surface area contributed by atoms with Gasteiger partial charge in [-0.3, -0.25) is 0 Å². The molecule has 2 aromatic rings. The number of hydrogen-bond acceptors (Lipinski definition) is 4. The predicted octanol–water partition coefficient (Wildman–Crippen LogP) is 3.15. The van der Waals surface area contributed by atoms with Crippen LogP contribution in [-0.2, 0) is 9.47 Å². The fraction of sp³-hybridized carbons (Fsp3) is 0.467. The molecule has 1 aromatic heterocycles. The van der Waals surface area contributed by atoms with Gasteiger partial charge in [0, 0.05) is 12.7 Å². The smallest absolute Gasteiger partial charge is 0.157 e. The van der Waals surface area contributed by atoms with E-state index in [9.17, 15) is 0 Å². The Hall–Kier alpha value is -1.52. The Morgan fingerprint density at radius 1 is 1.26 bits per heavy atom. The van der Waals surface area contributed by atoms with Crippen LogP contribution in [0.1, 0.15) is 19.3 Å². The molecule has 0 saturated carbocycles. The van der Waals surface area contributed by atoms with Gasteiger partial charge in [0.25, 0.3) is 0 Å². The molecule has 1 atom stereocenters. The van der Waals surface area contributed by atoms with Crippen molar-refractivity contribution < 1.29 is 18.6 Å². The van der Waals surface area contributed by atoms with E-state index in [0.717, 1.165) is 30.6 Å². The number of fused-ring (bicyclic) bond motifs is 1. The van der Waals surface area contributed by atoms with Crippen LogP contribution in [0.4, 0.5) is 0 Å². The number of furan rings is 1. The molecule has 0 aliphatic carbocycles. The summed E-state index contributed by atoms with van der Waals surface area (Å²) in [5.74, 6) is 0.802. The molecular formula is C15H17O4. The summed E-state index contributed by atoms with van der Waals surface area (Å²) in [6.07, 6.45) is 4.87. The first kappa shape index (κ1) is 12.5. The van der Waals surface area contributed by atoms with Gasteiger partial charge in [-0.1, -0.05) is 0 Å². The number of rotatable bonds is 5. The molecule has 4 heteroatoms. The topological polar surface area (TPSA) is 40.8 Å². The fourth-order valence-corrected chi connectivity index (χ4v) is 2.20. The van der Waals surface area contributed by atoms with Crippen LogP contribution in [0.3, 0.4) is 0 Å². The molecule has 1 radical (unpaired) electrons. The van der Waals surface area contributed by atoms with Gasteiger partial charge in [-0.25, -0.2) is 0 Å². The Kier molecular flexibility index (Phi) is 4.01. The molecule has 19 heavy (non-hydrogen) atoms. The summed E-state index contributed by atoms with van der Waals surface area (Å²) in [6, 6.07) is 8.58. The molecule has 0 amide bonds. The Bertz CT molecular complexity index is 514. The highest BCUT2D eigenvalue weighted by Gasteiger charge is 2.13. The molecule has 0 N–H and O–H groups in total. The minimum Gasteiger partial charge on any atom is -0.490 e. The van der Waals surface area contributed by atoms with Crippen LogP contribution in [0.15, 0.2) is 28.9 Å². The van der Waals surface area contributed by atoms with Crippen LogP contribution in [0.2, 0.25) is 0 Å². The van der Waals surface area contributed by atoms with Crippen molar-refractivity contribution in [1.82, 2.24) is 0 Å². The number of ether oxygens (including phenoxy) is 3. The molecule has 1 fully saturated rings. The van der Waals surface area contributed by atoms with Gasteiger partial charge in [0.1, 0.15) is 17.9 Å². The van der Waals surface area contributed by atoms with E-state index in [4.69, 9.17) is 18.6 Å². The van der Waals surface area contributed by atoms with Crippen LogP contribution < -0.4 is 4.74 Å². The van der Waals surface area contributed by atoms with E-state index >= 15 is 0 Å². The van der Waals surface area contributed by atoms with Crippen LogP contribution in [-0.4, -0.2) is 26.1 Å². The zero-order chi connectivity index (χ0) is 12.9. The highest BCUT2D eigenvalue weighted by atomic mass is 16.7. The third-order valence-corrected chi connectivity index (χ3v) is 3.16. The van der Waals surface area contributed by atoms with Crippen molar-refractivity contribution in [2.75, 3.05) is 19.8 Å². The molecule has 101 valence electrons. The average Bonchev–Trinajstić information content (AvgIpc) is 2.94. The summed E-state index contributed by atoms with van der Waals surface area (Å²) in [5.41, 5.74) is 0.717. The van der Waals surface area contributed by atoms with E-state index in [1.165, 1.54) is 6.42 Å². The first-order chi connectivity index (χ1) is 9.43. The summed E-state index contributed by atoms with van der Waals surface area (Å²) in [5, 5.41) is 0.941. The molecule has 0 spiro atoms. The molecule has 1 unspecified atom stereocenters. The Balaban J connectivity index is 1.48. The van der Waals surface area contributed by atoms with Gasteiger partial charge in [0.2, 0.25) is 0 Å². The molecule has 0 bridgehead atoms. The summed E-state index contributed by atoms with van der Waals surface area (Å²) in [6.45, 7) is 1.84. The summed E-state index contributed by atoms with van der Waals surface area (Å²) >= 11 is 0. The second-order valence-corrected chi connectivity index (χ2v) is 4.52. The van der Waals surface area contributed by atoms with Crippen molar-refractivity contribution >= 4 is 11.0 Å². The zero-order valence-corrected chi connectivity index (χ0v) is 10.8. The van der Waals surface area contributed by atoms with Gasteiger partial charge < -0.3 is 18.6 Å². The highest BCUT2D eigenvalue weighted by molar-refractivity contribution is 5.83. The zero-order valence-electron chi connectivity index (χ0n) is 10.8. The molecule has 4 nitrogen and oxygen atoms in total. The lowest BCUT2D eigenvalue weighted by Crippen LogP contribution is -2.24.